The predicted octanol–water partition coefficient (Wildman–Crippen LogP) is 5.21. The van der Waals surface area contributed by atoms with Crippen molar-refractivity contribution in [2.45, 2.75) is 19.6 Å². The second-order valence-electron chi connectivity index (χ2n) is 5.64. The fourth-order valence-electron chi connectivity index (χ4n) is 2.61. The van der Waals surface area contributed by atoms with Crippen LogP contribution in [0.5, 0.6) is 5.88 Å². The molecule has 2 heterocycles. The van der Waals surface area contributed by atoms with Crippen LogP contribution in [0.3, 0.4) is 0 Å². The maximum absolute atomic E-state index is 12.6. The lowest BCUT2D eigenvalue weighted by Gasteiger charge is -2.06. The van der Waals surface area contributed by atoms with Gasteiger partial charge >= 0.3 is 6.18 Å². The quantitative estimate of drug-likeness (QED) is 0.473. The average Bonchev–Trinajstić information content (AvgIpc) is 2.91. The van der Waals surface area contributed by atoms with Crippen LogP contribution in [-0.2, 0) is 17.5 Å². The number of aromatic hydroxyl groups is 1. The topological polar surface area (TPSA) is 72.0 Å². The summed E-state index contributed by atoms with van der Waals surface area (Å²) >= 11 is 0. The standard InChI is InChI=1S/C18H17F3N4O2/c1-2-27-10-9-25-14-6-4-3-5-13(14)16(17(25)26)24-23-15-8-7-12(11-22-15)18(19,20)21/h3-8,11,26H,2,9-10H2,1H3. The number of azo groups is 1. The van der Waals surface area contributed by atoms with Crippen molar-refractivity contribution in [1.29, 1.82) is 0 Å². The van der Waals surface area contributed by atoms with Crippen LogP contribution in [0.15, 0.2) is 52.8 Å². The van der Waals surface area contributed by atoms with Gasteiger partial charge in [0.2, 0.25) is 5.88 Å². The number of fused-ring (bicyclic) bond motifs is 1. The minimum Gasteiger partial charge on any atom is -0.493 e. The first-order chi connectivity index (χ1) is 12.9. The number of halogens is 3. The molecule has 0 aliphatic carbocycles. The third-order valence-corrected chi connectivity index (χ3v) is 3.91. The number of para-hydroxylation sites is 1. The molecule has 0 aliphatic rings. The molecule has 1 N–H and O–H groups in total. The molecule has 1 aromatic carbocycles. The summed E-state index contributed by atoms with van der Waals surface area (Å²) in [5.74, 6) is -0.0832. The summed E-state index contributed by atoms with van der Waals surface area (Å²) in [7, 11) is 0. The summed E-state index contributed by atoms with van der Waals surface area (Å²) in [5, 5.41) is 19.1. The molecular formula is C18H17F3N4O2. The van der Waals surface area contributed by atoms with E-state index in [4.69, 9.17) is 4.74 Å². The van der Waals surface area contributed by atoms with Gasteiger partial charge in [0.25, 0.3) is 0 Å². The molecule has 0 unspecified atom stereocenters. The molecule has 3 aromatic rings. The Morgan fingerprint density at radius 1 is 1.15 bits per heavy atom. The van der Waals surface area contributed by atoms with Crippen molar-refractivity contribution in [3.05, 3.63) is 48.2 Å². The Balaban J connectivity index is 1.92. The Morgan fingerprint density at radius 3 is 2.59 bits per heavy atom. The van der Waals surface area contributed by atoms with E-state index in [1.54, 1.807) is 16.7 Å². The minimum absolute atomic E-state index is 0.00791. The maximum atomic E-state index is 12.6. The maximum Gasteiger partial charge on any atom is 0.417 e. The molecule has 2 aromatic heterocycles. The highest BCUT2D eigenvalue weighted by Crippen LogP contribution is 2.39. The van der Waals surface area contributed by atoms with Gasteiger partial charge in [0.1, 0.15) is 0 Å². The van der Waals surface area contributed by atoms with Crippen LogP contribution in [0.1, 0.15) is 12.5 Å². The largest absolute Gasteiger partial charge is 0.493 e. The summed E-state index contributed by atoms with van der Waals surface area (Å²) in [5.41, 5.74) is 0.115. The van der Waals surface area contributed by atoms with Gasteiger partial charge in [-0.25, -0.2) is 4.98 Å². The zero-order valence-electron chi connectivity index (χ0n) is 14.4. The summed E-state index contributed by atoms with van der Waals surface area (Å²) in [6, 6.07) is 9.24. The molecule has 0 bridgehead atoms. The third kappa shape index (κ3) is 4.08. The second kappa shape index (κ2) is 7.75. The Morgan fingerprint density at radius 2 is 1.93 bits per heavy atom. The van der Waals surface area contributed by atoms with Gasteiger partial charge in [-0.1, -0.05) is 18.2 Å². The zero-order chi connectivity index (χ0) is 19.4. The van der Waals surface area contributed by atoms with Gasteiger partial charge in [0.15, 0.2) is 11.5 Å². The fraction of sp³-hybridized carbons (Fsp3) is 0.278. The number of rotatable bonds is 6. The highest BCUT2D eigenvalue weighted by Gasteiger charge is 2.30. The Labute approximate surface area is 152 Å². The van der Waals surface area contributed by atoms with Gasteiger partial charge in [0, 0.05) is 24.7 Å². The number of ether oxygens (including phenoxy) is 1. The molecule has 0 spiro atoms. The number of benzene rings is 1. The van der Waals surface area contributed by atoms with Gasteiger partial charge in [-0.05, 0) is 25.1 Å². The number of hydrogen-bond donors (Lipinski definition) is 1. The summed E-state index contributed by atoms with van der Waals surface area (Å²) in [6.07, 6.45) is -3.77. The summed E-state index contributed by atoms with van der Waals surface area (Å²) in [6.45, 7) is 3.28. The van der Waals surface area contributed by atoms with Gasteiger partial charge in [-0.15, -0.1) is 10.2 Å². The SMILES string of the molecule is CCOCCn1c(O)c(N=Nc2ccc(C(F)(F)F)cn2)c2ccccc21. The summed E-state index contributed by atoms with van der Waals surface area (Å²) in [4.78, 5) is 3.65. The van der Waals surface area contributed by atoms with E-state index in [0.717, 1.165) is 17.6 Å². The first-order valence-corrected chi connectivity index (χ1v) is 8.24. The van der Waals surface area contributed by atoms with Crippen molar-refractivity contribution >= 4 is 22.4 Å². The molecule has 0 atom stereocenters. The number of hydrogen-bond acceptors (Lipinski definition) is 5. The summed E-state index contributed by atoms with van der Waals surface area (Å²) < 4.78 is 44.7. The lowest BCUT2D eigenvalue weighted by atomic mass is 10.2. The molecule has 6 nitrogen and oxygen atoms in total. The number of nitrogens with zero attached hydrogens (tertiary/aromatic N) is 4. The van der Waals surface area contributed by atoms with E-state index in [9.17, 15) is 18.3 Å². The van der Waals surface area contributed by atoms with E-state index in [-0.39, 0.29) is 17.4 Å². The molecule has 0 saturated carbocycles. The molecule has 9 heteroatoms. The highest BCUT2D eigenvalue weighted by molar-refractivity contribution is 5.94. The molecule has 0 aliphatic heterocycles. The molecule has 0 amide bonds. The highest BCUT2D eigenvalue weighted by atomic mass is 19.4. The minimum atomic E-state index is -4.46. The Hall–Kier alpha value is -2.94. The molecule has 0 fully saturated rings. The first kappa shape index (κ1) is 18.8. The van der Waals surface area contributed by atoms with E-state index >= 15 is 0 Å². The van der Waals surface area contributed by atoms with Crippen LogP contribution in [0, 0.1) is 0 Å². The van der Waals surface area contributed by atoms with E-state index < -0.39 is 11.7 Å². The Bertz CT molecular complexity index is 950. The van der Waals surface area contributed by atoms with Crippen LogP contribution in [0.2, 0.25) is 0 Å². The lowest BCUT2D eigenvalue weighted by molar-refractivity contribution is -0.137. The molecule has 0 saturated heterocycles. The van der Waals surface area contributed by atoms with Crippen LogP contribution in [0.25, 0.3) is 10.9 Å². The second-order valence-corrected chi connectivity index (χ2v) is 5.64. The fourth-order valence-corrected chi connectivity index (χ4v) is 2.61. The molecular weight excluding hydrogens is 361 g/mol. The molecule has 3 rings (SSSR count). The van der Waals surface area contributed by atoms with Crippen molar-refractivity contribution in [3.8, 4) is 5.88 Å². The van der Waals surface area contributed by atoms with E-state index in [2.05, 4.69) is 15.2 Å². The monoisotopic (exact) mass is 378 g/mol. The average molecular weight is 378 g/mol. The molecule has 27 heavy (non-hydrogen) atoms. The lowest BCUT2D eigenvalue weighted by Crippen LogP contribution is -2.05. The van der Waals surface area contributed by atoms with Gasteiger partial charge in [-0.3, -0.25) is 0 Å². The van der Waals surface area contributed by atoms with Crippen molar-refractivity contribution < 1.29 is 23.0 Å². The van der Waals surface area contributed by atoms with E-state index in [1.165, 1.54) is 0 Å². The van der Waals surface area contributed by atoms with Crippen molar-refractivity contribution in [2.24, 2.45) is 10.2 Å². The number of pyridine rings is 1. The molecule has 142 valence electrons. The van der Waals surface area contributed by atoms with Crippen molar-refractivity contribution in [1.82, 2.24) is 9.55 Å². The van der Waals surface area contributed by atoms with Crippen LogP contribution in [-0.4, -0.2) is 27.9 Å². The van der Waals surface area contributed by atoms with Gasteiger partial charge in [0.05, 0.1) is 17.7 Å². The number of aromatic nitrogens is 2. The van der Waals surface area contributed by atoms with E-state index in [0.29, 0.717) is 31.3 Å². The number of alkyl halides is 3. The Kier molecular flexibility index (Phi) is 5.41. The van der Waals surface area contributed by atoms with Crippen LogP contribution < -0.4 is 0 Å². The van der Waals surface area contributed by atoms with Crippen molar-refractivity contribution in [2.75, 3.05) is 13.2 Å². The predicted molar refractivity (Wildman–Crippen MR) is 93.5 cm³/mol. The smallest absolute Gasteiger partial charge is 0.417 e. The van der Waals surface area contributed by atoms with Crippen LogP contribution >= 0.6 is 0 Å². The van der Waals surface area contributed by atoms with E-state index in [1.807, 2.05) is 19.1 Å². The molecule has 0 radical (unpaired) electrons. The normalized spacial score (nSPS) is 12.3. The van der Waals surface area contributed by atoms with Gasteiger partial charge < -0.3 is 14.4 Å². The first-order valence-electron chi connectivity index (χ1n) is 8.24. The van der Waals surface area contributed by atoms with Gasteiger partial charge in [-0.2, -0.15) is 13.2 Å². The van der Waals surface area contributed by atoms with Crippen molar-refractivity contribution in [3.63, 3.8) is 0 Å². The van der Waals surface area contributed by atoms with Crippen LogP contribution in [0.4, 0.5) is 24.7 Å². The third-order valence-electron chi connectivity index (χ3n) is 3.91. The zero-order valence-corrected chi connectivity index (χ0v) is 14.4.